The van der Waals surface area contributed by atoms with Gasteiger partial charge in [-0.2, -0.15) is 0 Å². The van der Waals surface area contributed by atoms with Gasteiger partial charge in [0, 0.05) is 31.2 Å². The Labute approximate surface area is 147 Å². The second-order valence-corrected chi connectivity index (χ2v) is 8.34. The number of rotatable bonds is 4. The predicted molar refractivity (Wildman–Crippen MR) is 98.3 cm³/mol. The zero-order valence-corrected chi connectivity index (χ0v) is 16.1. The minimum absolute atomic E-state index is 0.0111. The number of morpholine rings is 1. The normalized spacial score (nSPS) is 28.0. The maximum absolute atomic E-state index is 12.3. The van der Waals surface area contributed by atoms with Gasteiger partial charge in [0.15, 0.2) is 0 Å². The van der Waals surface area contributed by atoms with E-state index in [1.54, 1.807) is 0 Å². The van der Waals surface area contributed by atoms with Gasteiger partial charge in [0.2, 0.25) is 0 Å². The van der Waals surface area contributed by atoms with Crippen LogP contribution in [0.2, 0.25) is 0 Å². The largest absolute Gasteiger partial charge is 0.373 e. The average molecular weight is 340 g/mol. The standard InChI is InChI=1S/C19H37N3O2/c1-15-12-22(13-16(2)24-15)19(3,4)14-20-18(23)21-17-10-8-6-5-7-9-11-17/h15-17H,5-14H2,1-4H3,(H2,20,21,23)/t15-,16-/m0/s1. The van der Waals surface area contributed by atoms with Crippen LogP contribution >= 0.6 is 0 Å². The number of hydrogen-bond acceptors (Lipinski definition) is 3. The summed E-state index contributed by atoms with van der Waals surface area (Å²) in [6.07, 6.45) is 9.17. The molecule has 5 heteroatoms. The van der Waals surface area contributed by atoms with Gasteiger partial charge in [0.1, 0.15) is 0 Å². The Bertz CT molecular complexity index is 382. The molecule has 1 heterocycles. The first-order valence-corrected chi connectivity index (χ1v) is 9.82. The van der Waals surface area contributed by atoms with E-state index in [2.05, 4.69) is 43.2 Å². The number of ether oxygens (including phenoxy) is 1. The van der Waals surface area contributed by atoms with Gasteiger partial charge in [0.25, 0.3) is 0 Å². The fourth-order valence-corrected chi connectivity index (χ4v) is 3.92. The van der Waals surface area contributed by atoms with Crippen molar-refractivity contribution in [1.82, 2.24) is 15.5 Å². The molecular weight excluding hydrogens is 302 g/mol. The lowest BCUT2D eigenvalue weighted by atomic mass is 9.97. The van der Waals surface area contributed by atoms with E-state index in [1.165, 1.54) is 32.1 Å². The maximum atomic E-state index is 12.3. The maximum Gasteiger partial charge on any atom is 0.315 e. The summed E-state index contributed by atoms with van der Waals surface area (Å²) in [5.41, 5.74) is -0.0649. The van der Waals surface area contributed by atoms with E-state index >= 15 is 0 Å². The van der Waals surface area contributed by atoms with Gasteiger partial charge in [-0.15, -0.1) is 0 Å². The lowest BCUT2D eigenvalue weighted by Crippen LogP contribution is -2.59. The smallest absolute Gasteiger partial charge is 0.315 e. The Balaban J connectivity index is 1.76. The molecule has 0 unspecified atom stereocenters. The van der Waals surface area contributed by atoms with Crippen molar-refractivity contribution in [3.8, 4) is 0 Å². The zero-order chi connectivity index (χ0) is 17.6. The molecule has 2 fully saturated rings. The first-order chi connectivity index (χ1) is 11.4. The number of hydrogen-bond donors (Lipinski definition) is 2. The van der Waals surface area contributed by atoms with E-state index in [0.29, 0.717) is 12.6 Å². The third-order valence-corrected chi connectivity index (χ3v) is 5.40. The number of carbonyl (C=O) groups is 1. The highest BCUT2D eigenvalue weighted by Gasteiger charge is 2.33. The van der Waals surface area contributed by atoms with E-state index in [-0.39, 0.29) is 23.8 Å². The predicted octanol–water partition coefficient (Wildman–Crippen LogP) is 3.29. The van der Waals surface area contributed by atoms with Gasteiger partial charge < -0.3 is 15.4 Å². The van der Waals surface area contributed by atoms with E-state index in [1.807, 2.05) is 0 Å². The van der Waals surface area contributed by atoms with Crippen molar-refractivity contribution in [1.29, 1.82) is 0 Å². The summed E-state index contributed by atoms with van der Waals surface area (Å²) in [4.78, 5) is 14.7. The van der Waals surface area contributed by atoms with E-state index in [9.17, 15) is 4.79 Å². The number of amides is 2. The molecule has 0 aromatic carbocycles. The van der Waals surface area contributed by atoms with Crippen molar-refractivity contribution in [2.75, 3.05) is 19.6 Å². The lowest BCUT2D eigenvalue weighted by molar-refractivity contribution is -0.0947. The van der Waals surface area contributed by atoms with Crippen molar-refractivity contribution in [3.63, 3.8) is 0 Å². The molecule has 0 aromatic rings. The molecule has 2 atom stereocenters. The number of nitrogens with zero attached hydrogens (tertiary/aromatic N) is 1. The highest BCUT2D eigenvalue weighted by Crippen LogP contribution is 2.21. The molecule has 1 saturated carbocycles. The van der Waals surface area contributed by atoms with Crippen molar-refractivity contribution in [2.45, 2.75) is 96.4 Å². The summed E-state index contributed by atoms with van der Waals surface area (Å²) in [6, 6.07) is 0.333. The molecule has 0 aromatic heterocycles. The second-order valence-electron chi connectivity index (χ2n) is 8.34. The minimum Gasteiger partial charge on any atom is -0.373 e. The number of urea groups is 1. The lowest BCUT2D eigenvalue weighted by Gasteiger charge is -2.45. The molecule has 2 amide bonds. The van der Waals surface area contributed by atoms with Crippen LogP contribution in [0.5, 0.6) is 0 Å². The highest BCUT2D eigenvalue weighted by molar-refractivity contribution is 5.74. The quantitative estimate of drug-likeness (QED) is 0.826. The summed E-state index contributed by atoms with van der Waals surface area (Å²) in [5, 5.41) is 6.29. The summed E-state index contributed by atoms with van der Waals surface area (Å²) < 4.78 is 5.82. The van der Waals surface area contributed by atoms with Gasteiger partial charge in [-0.25, -0.2) is 4.79 Å². The molecule has 1 saturated heterocycles. The Morgan fingerprint density at radius 3 is 2.17 bits per heavy atom. The van der Waals surface area contributed by atoms with Crippen LogP contribution in [0, 0.1) is 0 Å². The molecule has 0 spiro atoms. The highest BCUT2D eigenvalue weighted by atomic mass is 16.5. The molecule has 24 heavy (non-hydrogen) atoms. The molecular formula is C19H37N3O2. The minimum atomic E-state index is -0.0649. The van der Waals surface area contributed by atoms with Crippen LogP contribution in [0.25, 0.3) is 0 Å². The van der Waals surface area contributed by atoms with Crippen LogP contribution in [0.1, 0.15) is 72.6 Å². The molecule has 5 nitrogen and oxygen atoms in total. The van der Waals surface area contributed by atoms with Gasteiger partial charge in [0.05, 0.1) is 12.2 Å². The van der Waals surface area contributed by atoms with Gasteiger partial charge >= 0.3 is 6.03 Å². The van der Waals surface area contributed by atoms with Crippen molar-refractivity contribution >= 4 is 6.03 Å². The SMILES string of the molecule is C[C@H]1CN(C(C)(C)CNC(=O)NC2CCCCCCC2)C[C@H](C)O1. The zero-order valence-electron chi connectivity index (χ0n) is 16.1. The van der Waals surface area contributed by atoms with Gasteiger partial charge in [-0.3, -0.25) is 4.90 Å². The number of nitrogens with one attached hydrogen (secondary N) is 2. The third kappa shape index (κ3) is 6.25. The monoisotopic (exact) mass is 339 g/mol. The summed E-state index contributed by atoms with van der Waals surface area (Å²) in [6.45, 7) is 11.1. The molecule has 0 bridgehead atoms. The van der Waals surface area contributed by atoms with E-state index in [0.717, 1.165) is 25.9 Å². The molecule has 140 valence electrons. The Morgan fingerprint density at radius 1 is 1.04 bits per heavy atom. The summed E-state index contributed by atoms with van der Waals surface area (Å²) in [5.74, 6) is 0. The molecule has 1 aliphatic heterocycles. The first-order valence-electron chi connectivity index (χ1n) is 9.82. The van der Waals surface area contributed by atoms with Crippen molar-refractivity contribution in [3.05, 3.63) is 0 Å². The van der Waals surface area contributed by atoms with Gasteiger partial charge in [-0.1, -0.05) is 32.1 Å². The molecule has 2 N–H and O–H groups in total. The molecule has 2 rings (SSSR count). The average Bonchev–Trinajstić information content (AvgIpc) is 2.47. The van der Waals surface area contributed by atoms with Crippen LogP contribution in [0.15, 0.2) is 0 Å². The van der Waals surface area contributed by atoms with Crippen LogP contribution in [-0.2, 0) is 4.74 Å². The van der Waals surface area contributed by atoms with Crippen LogP contribution in [0.4, 0.5) is 4.79 Å². The van der Waals surface area contributed by atoms with Crippen molar-refractivity contribution < 1.29 is 9.53 Å². The first kappa shape index (κ1) is 19.5. The number of carbonyl (C=O) groups excluding carboxylic acids is 1. The second kappa shape index (κ2) is 9.04. The fourth-order valence-electron chi connectivity index (χ4n) is 3.92. The van der Waals surface area contributed by atoms with Crippen LogP contribution < -0.4 is 10.6 Å². The fraction of sp³-hybridized carbons (Fsp3) is 0.947. The molecule has 2 aliphatic rings. The third-order valence-electron chi connectivity index (χ3n) is 5.40. The van der Waals surface area contributed by atoms with Gasteiger partial charge in [-0.05, 0) is 40.5 Å². The molecule has 1 aliphatic carbocycles. The van der Waals surface area contributed by atoms with E-state index in [4.69, 9.17) is 4.74 Å². The van der Waals surface area contributed by atoms with E-state index < -0.39 is 0 Å². The topological polar surface area (TPSA) is 53.6 Å². The Hall–Kier alpha value is -0.810. The van der Waals surface area contributed by atoms with Crippen LogP contribution in [-0.4, -0.2) is 54.4 Å². The summed E-state index contributed by atoms with van der Waals surface area (Å²) >= 11 is 0. The van der Waals surface area contributed by atoms with Crippen molar-refractivity contribution in [2.24, 2.45) is 0 Å². The Kier molecular flexibility index (Phi) is 7.35. The molecule has 0 radical (unpaired) electrons. The van der Waals surface area contributed by atoms with Crippen LogP contribution in [0.3, 0.4) is 0 Å². The summed E-state index contributed by atoms with van der Waals surface area (Å²) in [7, 11) is 0. The Morgan fingerprint density at radius 2 is 1.58 bits per heavy atom.